The summed E-state index contributed by atoms with van der Waals surface area (Å²) in [6.07, 6.45) is -0.729. The highest BCUT2D eigenvalue weighted by atomic mass is 16.5. The van der Waals surface area contributed by atoms with E-state index in [-0.39, 0.29) is 5.91 Å². The normalized spacial score (nSPS) is 24.6. The van der Waals surface area contributed by atoms with E-state index in [0.29, 0.717) is 19.4 Å². The monoisotopic (exact) mass is 245 g/mol. The summed E-state index contributed by atoms with van der Waals surface area (Å²) < 4.78 is 10.1. The number of carboxylic acids is 1. The Kier molecular flexibility index (Phi) is 4.47. The van der Waals surface area contributed by atoms with E-state index in [0.717, 1.165) is 0 Å². The van der Waals surface area contributed by atoms with Crippen LogP contribution in [0.1, 0.15) is 26.7 Å². The lowest BCUT2D eigenvalue weighted by Gasteiger charge is -2.26. The standard InChI is InChI=1S/C11H19NO5/c1-11(2,6-16-3)12-9(13)7-4-5-8(17-7)10(14)15/h7-8H,4-6H2,1-3H3,(H,12,13)(H,14,15). The van der Waals surface area contributed by atoms with Crippen LogP contribution in [0.5, 0.6) is 0 Å². The molecule has 0 bridgehead atoms. The van der Waals surface area contributed by atoms with Crippen LogP contribution in [0.15, 0.2) is 0 Å². The molecule has 98 valence electrons. The Morgan fingerprint density at radius 1 is 1.41 bits per heavy atom. The molecule has 1 saturated heterocycles. The Labute approximate surface area is 100 Å². The van der Waals surface area contributed by atoms with Crippen molar-refractivity contribution < 1.29 is 24.2 Å². The molecule has 1 aliphatic heterocycles. The van der Waals surface area contributed by atoms with E-state index in [1.54, 1.807) is 7.11 Å². The van der Waals surface area contributed by atoms with Gasteiger partial charge in [0.15, 0.2) is 6.10 Å². The van der Waals surface area contributed by atoms with E-state index in [9.17, 15) is 9.59 Å². The molecule has 1 amide bonds. The average Bonchev–Trinajstić information content (AvgIpc) is 2.64. The summed E-state index contributed by atoms with van der Waals surface area (Å²) in [6.45, 7) is 4.05. The summed E-state index contributed by atoms with van der Waals surface area (Å²) >= 11 is 0. The van der Waals surface area contributed by atoms with Crippen LogP contribution in [0.4, 0.5) is 0 Å². The summed E-state index contributed by atoms with van der Waals surface area (Å²) in [7, 11) is 1.56. The van der Waals surface area contributed by atoms with Crippen LogP contribution in [0, 0.1) is 0 Å². The number of hydrogen-bond acceptors (Lipinski definition) is 4. The Morgan fingerprint density at radius 3 is 2.47 bits per heavy atom. The van der Waals surface area contributed by atoms with Crippen molar-refractivity contribution in [3.8, 4) is 0 Å². The Hall–Kier alpha value is -1.14. The molecule has 6 heteroatoms. The summed E-state index contributed by atoms with van der Waals surface area (Å²) in [6, 6.07) is 0. The first-order valence-corrected chi connectivity index (χ1v) is 5.55. The van der Waals surface area contributed by atoms with Crippen molar-refractivity contribution in [1.82, 2.24) is 5.32 Å². The number of carbonyl (C=O) groups is 2. The SMILES string of the molecule is COCC(C)(C)NC(=O)C1CCC(C(=O)O)O1. The van der Waals surface area contributed by atoms with E-state index in [1.807, 2.05) is 13.8 Å². The second-order valence-corrected chi connectivity index (χ2v) is 4.84. The summed E-state index contributed by atoms with van der Waals surface area (Å²) in [5.74, 6) is -1.30. The number of aliphatic carboxylic acids is 1. The van der Waals surface area contributed by atoms with E-state index < -0.39 is 23.7 Å². The maximum absolute atomic E-state index is 11.8. The first kappa shape index (κ1) is 13.9. The fourth-order valence-electron chi connectivity index (χ4n) is 1.82. The number of carbonyl (C=O) groups excluding carboxylic acids is 1. The summed E-state index contributed by atoms with van der Waals surface area (Å²) in [5.41, 5.74) is -0.490. The fraction of sp³-hybridized carbons (Fsp3) is 0.818. The Balaban J connectivity index is 2.47. The van der Waals surface area contributed by atoms with Crippen LogP contribution in [-0.2, 0) is 19.1 Å². The predicted octanol–water partition coefficient (Wildman–Crippen LogP) is 0.160. The molecule has 0 saturated carbocycles. The Morgan fingerprint density at radius 2 is 2.00 bits per heavy atom. The minimum Gasteiger partial charge on any atom is -0.479 e. The molecular weight excluding hydrogens is 226 g/mol. The number of hydrogen-bond donors (Lipinski definition) is 2. The third-order valence-corrected chi connectivity index (χ3v) is 2.55. The van der Waals surface area contributed by atoms with Gasteiger partial charge in [0.05, 0.1) is 12.1 Å². The molecule has 1 aliphatic rings. The van der Waals surface area contributed by atoms with Crippen LogP contribution >= 0.6 is 0 Å². The van der Waals surface area contributed by atoms with E-state index in [4.69, 9.17) is 14.6 Å². The van der Waals surface area contributed by atoms with Crippen molar-refractivity contribution in [1.29, 1.82) is 0 Å². The van der Waals surface area contributed by atoms with Crippen LogP contribution in [-0.4, -0.2) is 48.4 Å². The van der Waals surface area contributed by atoms with Crippen LogP contribution in [0.2, 0.25) is 0 Å². The molecule has 1 heterocycles. The minimum atomic E-state index is -1.02. The summed E-state index contributed by atoms with van der Waals surface area (Å²) in [5, 5.41) is 11.5. The van der Waals surface area contributed by atoms with Gasteiger partial charge in [0.2, 0.25) is 5.91 Å². The van der Waals surface area contributed by atoms with Crippen LogP contribution in [0.3, 0.4) is 0 Å². The van der Waals surface area contributed by atoms with Gasteiger partial charge in [-0.2, -0.15) is 0 Å². The molecule has 0 aliphatic carbocycles. The molecule has 6 nitrogen and oxygen atoms in total. The van der Waals surface area contributed by atoms with Crippen LogP contribution < -0.4 is 5.32 Å². The molecular formula is C11H19NO5. The molecule has 1 fully saturated rings. The van der Waals surface area contributed by atoms with Gasteiger partial charge in [-0.25, -0.2) is 4.79 Å². The lowest BCUT2D eigenvalue weighted by molar-refractivity contribution is -0.152. The third-order valence-electron chi connectivity index (χ3n) is 2.55. The summed E-state index contributed by atoms with van der Waals surface area (Å²) in [4.78, 5) is 22.5. The second kappa shape index (κ2) is 5.46. The zero-order valence-corrected chi connectivity index (χ0v) is 10.4. The Bertz CT molecular complexity index is 302. The highest BCUT2D eigenvalue weighted by Gasteiger charge is 2.36. The zero-order valence-electron chi connectivity index (χ0n) is 10.4. The molecule has 2 atom stereocenters. The third kappa shape index (κ3) is 3.98. The van der Waals surface area contributed by atoms with Gasteiger partial charge >= 0.3 is 5.97 Å². The second-order valence-electron chi connectivity index (χ2n) is 4.84. The molecule has 17 heavy (non-hydrogen) atoms. The predicted molar refractivity (Wildman–Crippen MR) is 59.6 cm³/mol. The maximum Gasteiger partial charge on any atom is 0.332 e. The van der Waals surface area contributed by atoms with Gasteiger partial charge in [0, 0.05) is 7.11 Å². The van der Waals surface area contributed by atoms with Gasteiger partial charge in [0.25, 0.3) is 0 Å². The molecule has 2 N–H and O–H groups in total. The number of nitrogens with one attached hydrogen (secondary N) is 1. The largest absolute Gasteiger partial charge is 0.479 e. The molecule has 0 aromatic rings. The topological polar surface area (TPSA) is 84.9 Å². The van der Waals surface area contributed by atoms with E-state index in [2.05, 4.69) is 5.32 Å². The highest BCUT2D eigenvalue weighted by molar-refractivity contribution is 5.83. The molecule has 0 radical (unpaired) electrons. The van der Waals surface area contributed by atoms with Gasteiger partial charge in [-0.05, 0) is 26.7 Å². The first-order valence-electron chi connectivity index (χ1n) is 5.55. The van der Waals surface area contributed by atoms with Gasteiger partial charge < -0.3 is 19.9 Å². The number of ether oxygens (including phenoxy) is 2. The fourth-order valence-corrected chi connectivity index (χ4v) is 1.82. The highest BCUT2D eigenvalue weighted by Crippen LogP contribution is 2.20. The lowest BCUT2D eigenvalue weighted by atomic mass is 10.1. The number of amides is 1. The zero-order chi connectivity index (χ0) is 13.1. The first-order chi connectivity index (χ1) is 7.85. The quantitative estimate of drug-likeness (QED) is 0.720. The lowest BCUT2D eigenvalue weighted by Crippen LogP contribution is -2.50. The van der Waals surface area contributed by atoms with Gasteiger partial charge in [-0.3, -0.25) is 4.79 Å². The number of rotatable bonds is 5. The van der Waals surface area contributed by atoms with Gasteiger partial charge in [0.1, 0.15) is 6.10 Å². The van der Waals surface area contributed by atoms with Gasteiger partial charge in [-0.15, -0.1) is 0 Å². The molecule has 0 spiro atoms. The van der Waals surface area contributed by atoms with Gasteiger partial charge in [-0.1, -0.05) is 0 Å². The smallest absolute Gasteiger partial charge is 0.332 e. The van der Waals surface area contributed by atoms with Crippen molar-refractivity contribution in [2.45, 2.75) is 44.4 Å². The molecule has 0 aromatic heterocycles. The molecule has 1 rings (SSSR count). The number of carboxylic acid groups (broad SMARTS) is 1. The number of methoxy groups -OCH3 is 1. The van der Waals surface area contributed by atoms with Crippen molar-refractivity contribution in [3.05, 3.63) is 0 Å². The van der Waals surface area contributed by atoms with Crippen molar-refractivity contribution in [2.75, 3.05) is 13.7 Å². The maximum atomic E-state index is 11.8. The molecule has 0 aromatic carbocycles. The van der Waals surface area contributed by atoms with E-state index >= 15 is 0 Å². The van der Waals surface area contributed by atoms with E-state index in [1.165, 1.54) is 0 Å². The van der Waals surface area contributed by atoms with Crippen molar-refractivity contribution in [2.24, 2.45) is 0 Å². The van der Waals surface area contributed by atoms with Crippen molar-refractivity contribution >= 4 is 11.9 Å². The van der Waals surface area contributed by atoms with Crippen molar-refractivity contribution in [3.63, 3.8) is 0 Å². The average molecular weight is 245 g/mol. The van der Waals surface area contributed by atoms with Crippen LogP contribution in [0.25, 0.3) is 0 Å². The minimum absolute atomic E-state index is 0.282. The molecule has 2 unspecified atom stereocenters.